The smallest absolute Gasteiger partial charge is 0.109 e. The van der Waals surface area contributed by atoms with E-state index in [-0.39, 0.29) is 6.61 Å². The number of aromatic amines is 1. The van der Waals surface area contributed by atoms with E-state index < -0.39 is 0 Å². The first-order valence-corrected chi connectivity index (χ1v) is 4.75. The van der Waals surface area contributed by atoms with Crippen molar-refractivity contribution < 1.29 is 5.11 Å². The minimum absolute atomic E-state index is 0.0535. The Kier molecular flexibility index (Phi) is 2.61. The highest BCUT2D eigenvalue weighted by Crippen LogP contribution is 2.22. The Labute approximate surface area is 77.4 Å². The number of hydrogen-bond donors (Lipinski definition) is 3. The number of nitrogens with one attached hydrogen (secondary N) is 2. The van der Waals surface area contributed by atoms with Crippen molar-refractivity contribution in [3.63, 3.8) is 0 Å². The van der Waals surface area contributed by atoms with Gasteiger partial charge in [-0.15, -0.1) is 0 Å². The predicted octanol–water partition coefficient (Wildman–Crippen LogP) is 0.369. The summed E-state index contributed by atoms with van der Waals surface area (Å²) < 4.78 is 0. The highest BCUT2D eigenvalue weighted by Gasteiger charge is 2.17. The van der Waals surface area contributed by atoms with Gasteiger partial charge in [0.25, 0.3) is 0 Å². The van der Waals surface area contributed by atoms with E-state index in [1.54, 1.807) is 6.20 Å². The highest BCUT2D eigenvalue weighted by atomic mass is 16.3. The molecule has 1 aliphatic rings. The molecule has 1 aromatic heterocycles. The quantitative estimate of drug-likeness (QED) is 0.617. The second-order valence-corrected chi connectivity index (χ2v) is 3.48. The number of rotatable bonds is 2. The van der Waals surface area contributed by atoms with Gasteiger partial charge < -0.3 is 15.4 Å². The number of hydrogen-bond acceptors (Lipinski definition) is 3. The van der Waals surface area contributed by atoms with E-state index in [0.29, 0.717) is 5.92 Å². The molecule has 0 amide bonds. The molecule has 3 N–H and O–H groups in total. The van der Waals surface area contributed by atoms with E-state index in [2.05, 4.69) is 15.3 Å². The SMILES string of the molecule is OCc1cnc(C2CCNCC2)[nH]1. The molecule has 0 bridgehead atoms. The maximum absolute atomic E-state index is 8.87. The third-order valence-corrected chi connectivity index (χ3v) is 2.54. The first-order valence-electron chi connectivity index (χ1n) is 4.75. The number of nitrogens with zero attached hydrogens (tertiary/aromatic N) is 1. The zero-order valence-corrected chi connectivity index (χ0v) is 7.58. The van der Waals surface area contributed by atoms with Gasteiger partial charge in [0.2, 0.25) is 0 Å². The molecule has 1 aliphatic heterocycles. The Hall–Kier alpha value is -0.870. The summed E-state index contributed by atoms with van der Waals surface area (Å²) in [6, 6.07) is 0. The van der Waals surface area contributed by atoms with Gasteiger partial charge in [-0.25, -0.2) is 4.98 Å². The van der Waals surface area contributed by atoms with Gasteiger partial charge in [0.15, 0.2) is 0 Å². The Balaban J connectivity index is 2.05. The van der Waals surface area contributed by atoms with Gasteiger partial charge in [0.05, 0.1) is 18.5 Å². The summed E-state index contributed by atoms with van der Waals surface area (Å²) in [6.07, 6.45) is 3.99. The molecule has 0 aliphatic carbocycles. The van der Waals surface area contributed by atoms with Crippen molar-refractivity contribution in [3.8, 4) is 0 Å². The van der Waals surface area contributed by atoms with Crippen LogP contribution in [0.5, 0.6) is 0 Å². The first kappa shape index (κ1) is 8.72. The van der Waals surface area contributed by atoms with Crippen LogP contribution in [0.3, 0.4) is 0 Å². The molecule has 1 aromatic rings. The molecule has 2 rings (SSSR count). The molecular formula is C9H15N3O. The van der Waals surface area contributed by atoms with E-state index in [1.165, 1.54) is 0 Å². The molecular weight excluding hydrogens is 166 g/mol. The maximum atomic E-state index is 8.87. The van der Waals surface area contributed by atoms with Crippen molar-refractivity contribution in [1.82, 2.24) is 15.3 Å². The van der Waals surface area contributed by atoms with Crippen LogP contribution in [0.4, 0.5) is 0 Å². The molecule has 0 atom stereocenters. The van der Waals surface area contributed by atoms with Crippen molar-refractivity contribution >= 4 is 0 Å². The minimum Gasteiger partial charge on any atom is -0.390 e. The van der Waals surface area contributed by atoms with Crippen LogP contribution in [0, 0.1) is 0 Å². The summed E-state index contributed by atoms with van der Waals surface area (Å²) in [7, 11) is 0. The van der Waals surface area contributed by atoms with Crippen molar-refractivity contribution in [2.45, 2.75) is 25.4 Å². The second kappa shape index (κ2) is 3.89. The van der Waals surface area contributed by atoms with E-state index in [4.69, 9.17) is 5.11 Å². The molecule has 2 heterocycles. The normalized spacial score (nSPS) is 19.2. The van der Waals surface area contributed by atoms with Crippen LogP contribution < -0.4 is 5.32 Å². The number of aromatic nitrogens is 2. The molecule has 72 valence electrons. The van der Waals surface area contributed by atoms with Gasteiger partial charge >= 0.3 is 0 Å². The van der Waals surface area contributed by atoms with Crippen molar-refractivity contribution in [2.75, 3.05) is 13.1 Å². The zero-order chi connectivity index (χ0) is 9.10. The van der Waals surface area contributed by atoms with E-state index >= 15 is 0 Å². The third kappa shape index (κ3) is 1.89. The Morgan fingerprint density at radius 1 is 1.46 bits per heavy atom. The summed E-state index contributed by atoms with van der Waals surface area (Å²) in [5.41, 5.74) is 0.813. The number of aliphatic hydroxyl groups is 1. The number of aliphatic hydroxyl groups excluding tert-OH is 1. The number of H-pyrrole nitrogens is 1. The summed E-state index contributed by atoms with van der Waals surface area (Å²) >= 11 is 0. The summed E-state index contributed by atoms with van der Waals surface area (Å²) in [6.45, 7) is 2.19. The van der Waals surface area contributed by atoms with Gasteiger partial charge in [-0.2, -0.15) is 0 Å². The number of piperidine rings is 1. The van der Waals surface area contributed by atoms with Gasteiger partial charge in [-0.05, 0) is 25.9 Å². The van der Waals surface area contributed by atoms with Crippen LogP contribution >= 0.6 is 0 Å². The fraction of sp³-hybridized carbons (Fsp3) is 0.667. The van der Waals surface area contributed by atoms with E-state index in [0.717, 1.165) is 37.4 Å². The summed E-state index contributed by atoms with van der Waals surface area (Å²) in [5.74, 6) is 1.58. The average Bonchev–Trinajstić information content (AvgIpc) is 2.67. The van der Waals surface area contributed by atoms with Crippen molar-refractivity contribution in [3.05, 3.63) is 17.7 Å². The highest BCUT2D eigenvalue weighted by molar-refractivity contribution is 5.05. The molecule has 0 spiro atoms. The fourth-order valence-corrected chi connectivity index (χ4v) is 1.76. The van der Waals surface area contributed by atoms with Crippen LogP contribution in [0.25, 0.3) is 0 Å². The van der Waals surface area contributed by atoms with Crippen molar-refractivity contribution in [2.24, 2.45) is 0 Å². The maximum Gasteiger partial charge on any atom is 0.109 e. The second-order valence-electron chi connectivity index (χ2n) is 3.48. The molecule has 0 radical (unpaired) electrons. The predicted molar refractivity (Wildman–Crippen MR) is 49.4 cm³/mol. The van der Waals surface area contributed by atoms with Crippen LogP contribution in [0.15, 0.2) is 6.20 Å². The minimum atomic E-state index is 0.0535. The molecule has 0 unspecified atom stereocenters. The molecule has 13 heavy (non-hydrogen) atoms. The van der Waals surface area contributed by atoms with E-state index in [1.807, 2.05) is 0 Å². The third-order valence-electron chi connectivity index (χ3n) is 2.54. The molecule has 1 fully saturated rings. The van der Waals surface area contributed by atoms with E-state index in [9.17, 15) is 0 Å². The summed E-state index contributed by atoms with van der Waals surface area (Å²) in [5, 5.41) is 12.2. The van der Waals surface area contributed by atoms with Crippen LogP contribution in [-0.2, 0) is 6.61 Å². The zero-order valence-electron chi connectivity index (χ0n) is 7.58. The van der Waals surface area contributed by atoms with Gasteiger partial charge in [-0.3, -0.25) is 0 Å². The lowest BCUT2D eigenvalue weighted by atomic mass is 9.98. The van der Waals surface area contributed by atoms with Crippen molar-refractivity contribution in [1.29, 1.82) is 0 Å². The van der Waals surface area contributed by atoms with Gasteiger partial charge in [-0.1, -0.05) is 0 Å². The standard InChI is InChI=1S/C9H15N3O/c13-6-8-5-11-9(12-8)7-1-3-10-4-2-7/h5,7,10,13H,1-4,6H2,(H,11,12). The monoisotopic (exact) mass is 181 g/mol. The number of imidazole rings is 1. The first-order chi connectivity index (χ1) is 6.40. The topological polar surface area (TPSA) is 60.9 Å². The fourth-order valence-electron chi connectivity index (χ4n) is 1.76. The Morgan fingerprint density at radius 3 is 2.85 bits per heavy atom. The Morgan fingerprint density at radius 2 is 2.23 bits per heavy atom. The molecule has 1 saturated heterocycles. The van der Waals surface area contributed by atoms with Gasteiger partial charge in [0.1, 0.15) is 5.82 Å². The van der Waals surface area contributed by atoms with Crippen LogP contribution in [-0.4, -0.2) is 28.2 Å². The van der Waals surface area contributed by atoms with Gasteiger partial charge in [0, 0.05) is 5.92 Å². The van der Waals surface area contributed by atoms with Crippen LogP contribution in [0.2, 0.25) is 0 Å². The lowest BCUT2D eigenvalue weighted by Gasteiger charge is -2.20. The average molecular weight is 181 g/mol. The Bertz CT molecular complexity index is 266. The molecule has 4 nitrogen and oxygen atoms in total. The molecule has 0 aromatic carbocycles. The molecule has 0 saturated carbocycles. The lowest BCUT2D eigenvalue weighted by Crippen LogP contribution is -2.27. The largest absolute Gasteiger partial charge is 0.390 e. The lowest BCUT2D eigenvalue weighted by molar-refractivity contribution is 0.277. The van der Waals surface area contributed by atoms with Crippen LogP contribution in [0.1, 0.15) is 30.3 Å². The molecule has 4 heteroatoms. The summed E-state index contributed by atoms with van der Waals surface area (Å²) in [4.78, 5) is 7.41.